The zero-order valence-corrected chi connectivity index (χ0v) is 18.8. The minimum absolute atomic E-state index is 0.428. The second-order valence-electron chi connectivity index (χ2n) is 7.13. The third kappa shape index (κ3) is 4.50. The summed E-state index contributed by atoms with van der Waals surface area (Å²) in [5.74, 6) is -2.08. The number of hydrogen-bond acceptors (Lipinski definition) is 5. The Labute approximate surface area is 193 Å². The maximum atomic E-state index is 11.6. The van der Waals surface area contributed by atoms with Gasteiger partial charge in [0.05, 0.1) is 9.75 Å². The van der Waals surface area contributed by atoms with E-state index >= 15 is 0 Å². The summed E-state index contributed by atoms with van der Waals surface area (Å²) < 4.78 is 0. The quantitative estimate of drug-likeness (QED) is 0.363. The number of benzene rings is 2. The average molecular weight is 467 g/mol. The van der Waals surface area contributed by atoms with Crippen LogP contribution < -0.4 is 0 Å². The van der Waals surface area contributed by atoms with Crippen LogP contribution in [0.1, 0.15) is 27.8 Å². The summed E-state index contributed by atoms with van der Waals surface area (Å²) in [6.07, 6.45) is 0. The minimum atomic E-state index is -1.90. The van der Waals surface area contributed by atoms with E-state index in [4.69, 9.17) is 5.11 Å². The lowest BCUT2D eigenvalue weighted by Crippen LogP contribution is -2.34. The molecule has 4 rings (SSSR count). The van der Waals surface area contributed by atoms with Gasteiger partial charge in [-0.25, -0.2) is 4.79 Å². The smallest absolute Gasteiger partial charge is 0.346 e. The molecule has 7 heteroatoms. The molecule has 164 valence electrons. The van der Waals surface area contributed by atoms with Gasteiger partial charge in [0, 0.05) is 0 Å². The molecule has 3 N–H and O–H groups in total. The predicted molar refractivity (Wildman–Crippen MR) is 126 cm³/mol. The van der Waals surface area contributed by atoms with Gasteiger partial charge in [0.25, 0.3) is 0 Å². The lowest BCUT2D eigenvalue weighted by atomic mass is 9.76. The molecule has 2 aromatic heterocycles. The molecule has 5 nitrogen and oxygen atoms in total. The molecule has 32 heavy (non-hydrogen) atoms. The third-order valence-electron chi connectivity index (χ3n) is 5.20. The number of carboxylic acid groups (broad SMARTS) is 2. The van der Waals surface area contributed by atoms with E-state index < -0.39 is 23.0 Å². The van der Waals surface area contributed by atoms with Crippen LogP contribution in [0, 0.1) is 0 Å². The number of hydrogen-bond donors (Lipinski definition) is 3. The van der Waals surface area contributed by atoms with E-state index in [0.29, 0.717) is 9.75 Å². The first-order chi connectivity index (χ1) is 15.3. The van der Waals surface area contributed by atoms with Crippen molar-refractivity contribution in [2.24, 2.45) is 0 Å². The summed E-state index contributed by atoms with van der Waals surface area (Å²) in [5, 5.41) is 32.4. The molecule has 0 aliphatic heterocycles. The Balaban J connectivity index is 0.000000182. The maximum Gasteiger partial charge on any atom is 0.346 e. The SMILES string of the molecule is CC(C(=O)O)(c1ccccc1)c1ccccc1.O=C(O)C(O)(c1cccs1)c1cccs1. The highest BCUT2D eigenvalue weighted by molar-refractivity contribution is 7.12. The summed E-state index contributed by atoms with van der Waals surface area (Å²) in [6.45, 7) is 1.74. The van der Waals surface area contributed by atoms with Crippen molar-refractivity contribution in [3.63, 3.8) is 0 Å². The molecule has 0 radical (unpaired) electrons. The molecular formula is C25H22O5S2. The van der Waals surface area contributed by atoms with Crippen LogP contribution >= 0.6 is 22.7 Å². The second-order valence-corrected chi connectivity index (χ2v) is 9.03. The first-order valence-electron chi connectivity index (χ1n) is 9.69. The number of thiophene rings is 2. The monoisotopic (exact) mass is 466 g/mol. The van der Waals surface area contributed by atoms with E-state index in [1.807, 2.05) is 60.7 Å². The molecule has 0 amide bonds. The van der Waals surface area contributed by atoms with Gasteiger partial charge in [-0.2, -0.15) is 0 Å². The molecule has 4 aromatic rings. The van der Waals surface area contributed by atoms with Gasteiger partial charge in [-0.15, -0.1) is 22.7 Å². The molecular weight excluding hydrogens is 444 g/mol. The number of aliphatic carboxylic acids is 2. The topological polar surface area (TPSA) is 94.8 Å². The maximum absolute atomic E-state index is 11.6. The number of rotatable bonds is 6. The Morgan fingerprint density at radius 2 is 1.06 bits per heavy atom. The average Bonchev–Trinajstić information content (AvgIpc) is 3.54. The van der Waals surface area contributed by atoms with Crippen molar-refractivity contribution in [3.8, 4) is 0 Å². The molecule has 0 bridgehead atoms. The van der Waals surface area contributed by atoms with Crippen LogP contribution in [0.3, 0.4) is 0 Å². The van der Waals surface area contributed by atoms with Crippen LogP contribution in [0.25, 0.3) is 0 Å². The highest BCUT2D eigenvalue weighted by atomic mass is 32.1. The van der Waals surface area contributed by atoms with E-state index in [-0.39, 0.29) is 0 Å². The van der Waals surface area contributed by atoms with E-state index in [0.717, 1.165) is 11.1 Å². The van der Waals surface area contributed by atoms with Gasteiger partial charge >= 0.3 is 11.9 Å². The summed E-state index contributed by atoms with van der Waals surface area (Å²) >= 11 is 2.46. The number of aliphatic hydroxyl groups is 1. The van der Waals surface area contributed by atoms with Crippen molar-refractivity contribution in [1.29, 1.82) is 0 Å². The van der Waals surface area contributed by atoms with Crippen molar-refractivity contribution < 1.29 is 24.9 Å². The fraction of sp³-hybridized carbons (Fsp3) is 0.120. The van der Waals surface area contributed by atoms with Crippen LogP contribution in [0.5, 0.6) is 0 Å². The fourth-order valence-corrected chi connectivity index (χ4v) is 4.98. The number of carboxylic acids is 2. The van der Waals surface area contributed by atoms with Gasteiger partial charge in [-0.05, 0) is 40.9 Å². The van der Waals surface area contributed by atoms with E-state index in [1.165, 1.54) is 22.7 Å². The van der Waals surface area contributed by atoms with Crippen molar-refractivity contribution in [3.05, 3.63) is 117 Å². The Morgan fingerprint density at radius 1 is 0.656 bits per heavy atom. The van der Waals surface area contributed by atoms with Crippen LogP contribution in [0.2, 0.25) is 0 Å². The van der Waals surface area contributed by atoms with Gasteiger partial charge < -0.3 is 15.3 Å². The highest BCUT2D eigenvalue weighted by Crippen LogP contribution is 2.35. The lowest BCUT2D eigenvalue weighted by Gasteiger charge is -2.25. The van der Waals surface area contributed by atoms with E-state index in [2.05, 4.69) is 0 Å². The molecule has 0 saturated carbocycles. The summed E-state index contributed by atoms with van der Waals surface area (Å²) in [7, 11) is 0. The predicted octanol–water partition coefficient (Wildman–Crippen LogP) is 5.21. The molecule has 2 heterocycles. The normalized spacial score (nSPS) is 11.3. The molecule has 0 aliphatic rings. The van der Waals surface area contributed by atoms with Gasteiger partial charge in [0.1, 0.15) is 5.41 Å². The molecule has 2 aromatic carbocycles. The number of carbonyl (C=O) groups is 2. The zero-order chi connectivity index (χ0) is 23.2. The first kappa shape index (κ1) is 23.4. The second kappa shape index (κ2) is 9.91. The van der Waals surface area contributed by atoms with Crippen LogP contribution in [-0.2, 0) is 20.6 Å². The van der Waals surface area contributed by atoms with Gasteiger partial charge in [-0.3, -0.25) is 4.79 Å². The summed E-state index contributed by atoms with van der Waals surface area (Å²) in [5.41, 5.74) is -1.32. The highest BCUT2D eigenvalue weighted by Gasteiger charge is 2.42. The van der Waals surface area contributed by atoms with Crippen LogP contribution in [0.4, 0.5) is 0 Å². The summed E-state index contributed by atoms with van der Waals surface area (Å²) in [4.78, 5) is 23.7. The zero-order valence-electron chi connectivity index (χ0n) is 17.2. The molecule has 0 saturated heterocycles. The third-order valence-corrected chi connectivity index (χ3v) is 7.15. The standard InChI is InChI=1S/C15H14O2.C10H8O3S2/c1-15(14(16)17,12-8-4-2-5-9-12)13-10-6-3-7-11-13;11-9(12)10(13,7-3-1-5-14-7)8-4-2-6-15-8/h2-11H,1H3,(H,16,17);1-6,13H,(H,11,12). The van der Waals surface area contributed by atoms with Gasteiger partial charge in [0.2, 0.25) is 5.60 Å². The van der Waals surface area contributed by atoms with Gasteiger partial charge in [0.15, 0.2) is 0 Å². The van der Waals surface area contributed by atoms with E-state index in [1.54, 1.807) is 41.9 Å². The van der Waals surface area contributed by atoms with Crippen LogP contribution in [0.15, 0.2) is 95.7 Å². The fourth-order valence-electron chi connectivity index (χ4n) is 3.26. The Kier molecular flexibility index (Phi) is 7.25. The Hall–Kier alpha value is -3.26. The summed E-state index contributed by atoms with van der Waals surface area (Å²) in [6, 6.07) is 25.3. The minimum Gasteiger partial charge on any atom is -0.480 e. The molecule has 0 spiro atoms. The van der Waals surface area contributed by atoms with E-state index in [9.17, 15) is 19.8 Å². The lowest BCUT2D eigenvalue weighted by molar-refractivity contribution is -0.154. The van der Waals surface area contributed by atoms with Gasteiger partial charge in [-0.1, -0.05) is 72.8 Å². The molecule has 0 unspecified atom stereocenters. The molecule has 0 fully saturated rings. The van der Waals surface area contributed by atoms with Crippen molar-refractivity contribution in [2.45, 2.75) is 17.9 Å². The largest absolute Gasteiger partial charge is 0.480 e. The van der Waals surface area contributed by atoms with Crippen molar-refractivity contribution >= 4 is 34.6 Å². The molecule has 0 atom stereocenters. The first-order valence-corrected chi connectivity index (χ1v) is 11.5. The van der Waals surface area contributed by atoms with Crippen LogP contribution in [-0.4, -0.2) is 27.3 Å². The Morgan fingerprint density at radius 3 is 1.34 bits per heavy atom. The molecule has 0 aliphatic carbocycles. The Bertz CT molecular complexity index is 1060. The van der Waals surface area contributed by atoms with Crippen molar-refractivity contribution in [1.82, 2.24) is 0 Å². The van der Waals surface area contributed by atoms with Crippen molar-refractivity contribution in [2.75, 3.05) is 0 Å².